The molecular formula is C17H26ClN3O2S. The molecule has 2 unspecified atom stereocenters. The molecule has 7 heteroatoms. The summed E-state index contributed by atoms with van der Waals surface area (Å²) in [5.74, 6) is 0.174. The lowest BCUT2D eigenvalue weighted by Crippen LogP contribution is -2.57. The van der Waals surface area contributed by atoms with Gasteiger partial charge in [-0.25, -0.2) is 0 Å². The standard InChI is InChI=1S/C17H25N3O2S.ClH/c1-17(18)6-3-2-4-14(17)16(22)20-9-7-19(8-10-20)15(21)13-5-11-23-12-13;/h5,11-12,14H,2-4,6-10,18H2,1H3;1H. The van der Waals surface area contributed by atoms with Crippen LogP contribution in [-0.2, 0) is 4.79 Å². The number of hydrogen-bond donors (Lipinski definition) is 1. The highest BCUT2D eigenvalue weighted by atomic mass is 35.5. The fourth-order valence-corrected chi connectivity index (χ4v) is 4.31. The number of nitrogens with two attached hydrogens (primary N) is 1. The number of piperazine rings is 1. The minimum atomic E-state index is -0.390. The van der Waals surface area contributed by atoms with E-state index in [0.717, 1.165) is 31.2 Å². The van der Waals surface area contributed by atoms with Gasteiger partial charge in [0.2, 0.25) is 5.91 Å². The van der Waals surface area contributed by atoms with E-state index >= 15 is 0 Å². The number of hydrogen-bond acceptors (Lipinski definition) is 4. The molecule has 2 fully saturated rings. The summed E-state index contributed by atoms with van der Waals surface area (Å²) in [7, 11) is 0. The minimum Gasteiger partial charge on any atom is -0.339 e. The van der Waals surface area contributed by atoms with Crippen LogP contribution in [0, 0.1) is 5.92 Å². The molecule has 1 aliphatic heterocycles. The van der Waals surface area contributed by atoms with Crippen molar-refractivity contribution in [2.24, 2.45) is 11.7 Å². The third kappa shape index (κ3) is 3.92. The van der Waals surface area contributed by atoms with Crippen LogP contribution in [0.25, 0.3) is 0 Å². The van der Waals surface area contributed by atoms with Gasteiger partial charge in [-0.15, -0.1) is 12.4 Å². The summed E-state index contributed by atoms with van der Waals surface area (Å²) in [6.45, 7) is 4.44. The van der Waals surface area contributed by atoms with E-state index in [9.17, 15) is 9.59 Å². The molecule has 2 N–H and O–H groups in total. The Morgan fingerprint density at radius 1 is 1.21 bits per heavy atom. The quantitative estimate of drug-likeness (QED) is 0.867. The lowest BCUT2D eigenvalue weighted by atomic mass is 9.74. The van der Waals surface area contributed by atoms with Gasteiger partial charge in [0.1, 0.15) is 0 Å². The smallest absolute Gasteiger partial charge is 0.254 e. The van der Waals surface area contributed by atoms with E-state index in [4.69, 9.17) is 5.73 Å². The molecular weight excluding hydrogens is 346 g/mol. The van der Waals surface area contributed by atoms with Crippen LogP contribution >= 0.6 is 23.7 Å². The molecule has 0 spiro atoms. The van der Waals surface area contributed by atoms with Crippen LogP contribution in [-0.4, -0.2) is 53.3 Å². The lowest BCUT2D eigenvalue weighted by molar-refractivity contribution is -0.140. The Labute approximate surface area is 153 Å². The van der Waals surface area contributed by atoms with Gasteiger partial charge in [0.15, 0.2) is 0 Å². The van der Waals surface area contributed by atoms with Gasteiger partial charge < -0.3 is 15.5 Å². The number of carbonyl (C=O) groups is 2. The Morgan fingerprint density at radius 2 is 1.88 bits per heavy atom. The number of halogens is 1. The first-order valence-corrected chi connectivity index (χ1v) is 9.32. The van der Waals surface area contributed by atoms with Crippen molar-refractivity contribution in [2.75, 3.05) is 26.2 Å². The van der Waals surface area contributed by atoms with E-state index in [0.29, 0.717) is 26.2 Å². The van der Waals surface area contributed by atoms with Gasteiger partial charge in [0.05, 0.1) is 11.5 Å². The van der Waals surface area contributed by atoms with Crippen LogP contribution in [0.1, 0.15) is 43.0 Å². The van der Waals surface area contributed by atoms with Gasteiger partial charge in [-0.3, -0.25) is 9.59 Å². The highest BCUT2D eigenvalue weighted by Crippen LogP contribution is 2.33. The number of carbonyl (C=O) groups excluding carboxylic acids is 2. The molecule has 134 valence electrons. The fraction of sp³-hybridized carbons (Fsp3) is 0.647. The maximum atomic E-state index is 12.8. The molecule has 0 radical (unpaired) electrons. The van der Waals surface area contributed by atoms with Crippen molar-refractivity contribution in [3.05, 3.63) is 22.4 Å². The van der Waals surface area contributed by atoms with Gasteiger partial charge in [-0.2, -0.15) is 11.3 Å². The molecule has 1 saturated carbocycles. The molecule has 1 aromatic heterocycles. The molecule has 2 atom stereocenters. The summed E-state index contributed by atoms with van der Waals surface area (Å²) in [6, 6.07) is 1.85. The minimum absolute atomic E-state index is 0. The molecule has 1 aromatic rings. The average molecular weight is 372 g/mol. The third-order valence-electron chi connectivity index (χ3n) is 5.20. The van der Waals surface area contributed by atoms with Crippen molar-refractivity contribution in [3.8, 4) is 0 Å². The summed E-state index contributed by atoms with van der Waals surface area (Å²) in [4.78, 5) is 28.9. The van der Waals surface area contributed by atoms with Crippen molar-refractivity contribution in [1.82, 2.24) is 9.80 Å². The Balaban J connectivity index is 0.00000208. The van der Waals surface area contributed by atoms with Crippen molar-refractivity contribution < 1.29 is 9.59 Å². The van der Waals surface area contributed by atoms with E-state index in [-0.39, 0.29) is 35.7 Å². The second-order valence-electron chi connectivity index (χ2n) is 6.93. The first-order chi connectivity index (χ1) is 11.0. The van der Waals surface area contributed by atoms with Gasteiger partial charge in [0.25, 0.3) is 5.91 Å². The largest absolute Gasteiger partial charge is 0.339 e. The molecule has 5 nitrogen and oxygen atoms in total. The van der Waals surface area contributed by atoms with Gasteiger partial charge in [-0.05, 0) is 31.2 Å². The van der Waals surface area contributed by atoms with Crippen molar-refractivity contribution in [3.63, 3.8) is 0 Å². The van der Waals surface area contributed by atoms with Crippen molar-refractivity contribution >= 4 is 35.6 Å². The predicted molar refractivity (Wildman–Crippen MR) is 98.6 cm³/mol. The zero-order valence-corrected chi connectivity index (χ0v) is 15.7. The number of amides is 2. The molecule has 2 amide bonds. The van der Waals surface area contributed by atoms with E-state index in [1.807, 2.05) is 33.6 Å². The van der Waals surface area contributed by atoms with Crippen molar-refractivity contribution in [1.29, 1.82) is 0 Å². The molecule has 0 bridgehead atoms. The van der Waals surface area contributed by atoms with Gasteiger partial charge in [-0.1, -0.05) is 12.8 Å². The SMILES string of the molecule is CC1(N)CCCCC1C(=O)N1CCN(C(=O)c2ccsc2)CC1.Cl. The molecule has 3 rings (SSSR count). The highest BCUT2D eigenvalue weighted by molar-refractivity contribution is 7.08. The van der Waals surface area contributed by atoms with Gasteiger partial charge in [0, 0.05) is 37.1 Å². The predicted octanol–water partition coefficient (Wildman–Crippen LogP) is 2.36. The number of rotatable bonds is 2. The number of thiophene rings is 1. The van der Waals surface area contributed by atoms with Crippen LogP contribution in [0.15, 0.2) is 16.8 Å². The summed E-state index contributed by atoms with van der Waals surface area (Å²) in [6.07, 6.45) is 4.00. The van der Waals surface area contributed by atoms with Crippen molar-refractivity contribution in [2.45, 2.75) is 38.1 Å². The zero-order valence-electron chi connectivity index (χ0n) is 14.1. The van der Waals surface area contributed by atoms with Crippen LogP contribution in [0.5, 0.6) is 0 Å². The Hall–Kier alpha value is -1.11. The summed E-state index contributed by atoms with van der Waals surface area (Å²) < 4.78 is 0. The maximum Gasteiger partial charge on any atom is 0.254 e. The summed E-state index contributed by atoms with van der Waals surface area (Å²) in [5, 5.41) is 3.79. The van der Waals surface area contributed by atoms with E-state index in [1.54, 1.807) is 0 Å². The second-order valence-corrected chi connectivity index (χ2v) is 7.71. The second kappa shape index (κ2) is 7.85. The Kier molecular flexibility index (Phi) is 6.28. The zero-order chi connectivity index (χ0) is 16.4. The molecule has 0 aromatic carbocycles. The Bertz CT molecular complexity index is 568. The summed E-state index contributed by atoms with van der Waals surface area (Å²) in [5.41, 5.74) is 6.72. The first kappa shape index (κ1) is 19.2. The van der Waals surface area contributed by atoms with E-state index in [2.05, 4.69) is 0 Å². The topological polar surface area (TPSA) is 66.6 Å². The average Bonchev–Trinajstić information content (AvgIpc) is 3.08. The Morgan fingerprint density at radius 3 is 2.46 bits per heavy atom. The maximum absolute atomic E-state index is 12.8. The third-order valence-corrected chi connectivity index (χ3v) is 5.88. The molecule has 1 saturated heterocycles. The van der Waals surface area contributed by atoms with E-state index < -0.39 is 0 Å². The highest BCUT2D eigenvalue weighted by Gasteiger charge is 2.40. The van der Waals surface area contributed by atoms with Gasteiger partial charge >= 0.3 is 0 Å². The first-order valence-electron chi connectivity index (χ1n) is 8.38. The van der Waals surface area contributed by atoms with Crippen LogP contribution in [0.4, 0.5) is 0 Å². The van der Waals surface area contributed by atoms with Crippen LogP contribution < -0.4 is 5.73 Å². The number of nitrogens with zero attached hydrogens (tertiary/aromatic N) is 2. The molecule has 2 heterocycles. The van der Waals surface area contributed by atoms with Crippen LogP contribution in [0.3, 0.4) is 0 Å². The van der Waals surface area contributed by atoms with Crippen LogP contribution in [0.2, 0.25) is 0 Å². The normalized spacial score (nSPS) is 27.5. The monoisotopic (exact) mass is 371 g/mol. The van der Waals surface area contributed by atoms with E-state index in [1.165, 1.54) is 11.3 Å². The molecule has 1 aliphatic carbocycles. The fourth-order valence-electron chi connectivity index (χ4n) is 3.68. The lowest BCUT2D eigenvalue weighted by Gasteiger charge is -2.42. The molecule has 24 heavy (non-hydrogen) atoms. The molecule has 2 aliphatic rings. The summed E-state index contributed by atoms with van der Waals surface area (Å²) >= 11 is 1.53.